The second kappa shape index (κ2) is 73.2. The number of carbonyl (C=O) groups is 4. The third kappa shape index (κ3) is 73.6. The molecule has 0 bridgehead atoms. The molecule has 17 nitrogen and oxygen atoms in total. The van der Waals surface area contributed by atoms with Gasteiger partial charge in [0.25, 0.3) is 0 Å². The predicted molar refractivity (Wildman–Crippen MR) is 418 cm³/mol. The molecule has 0 spiro atoms. The molecular formula is C83H162O17P2. The summed E-state index contributed by atoms with van der Waals surface area (Å²) in [7, 11) is -9.92. The third-order valence-corrected chi connectivity index (χ3v) is 22.0. The van der Waals surface area contributed by atoms with E-state index >= 15 is 0 Å². The van der Waals surface area contributed by atoms with Gasteiger partial charge in [-0.2, -0.15) is 0 Å². The molecule has 0 heterocycles. The second-order valence-electron chi connectivity index (χ2n) is 30.8. The molecule has 0 saturated carbocycles. The van der Waals surface area contributed by atoms with E-state index in [0.717, 1.165) is 114 Å². The number of phosphoric ester groups is 2. The highest BCUT2D eigenvalue weighted by molar-refractivity contribution is 7.47. The van der Waals surface area contributed by atoms with Crippen molar-refractivity contribution in [1.82, 2.24) is 0 Å². The topological polar surface area (TPSA) is 237 Å². The zero-order valence-electron chi connectivity index (χ0n) is 67.1. The van der Waals surface area contributed by atoms with Gasteiger partial charge in [-0.3, -0.25) is 37.3 Å². The van der Waals surface area contributed by atoms with Crippen LogP contribution in [-0.4, -0.2) is 96.7 Å². The molecule has 19 heteroatoms. The van der Waals surface area contributed by atoms with E-state index in [1.165, 1.54) is 238 Å². The fourth-order valence-electron chi connectivity index (χ4n) is 12.8. The first-order valence-electron chi connectivity index (χ1n) is 42.9. The Balaban J connectivity index is 5.24. The molecule has 0 aliphatic rings. The Morgan fingerprint density at radius 2 is 0.500 bits per heavy atom. The molecule has 0 radical (unpaired) electrons. The van der Waals surface area contributed by atoms with Crippen molar-refractivity contribution in [1.29, 1.82) is 0 Å². The fraction of sp³-hybridized carbons (Fsp3) is 0.952. The lowest BCUT2D eigenvalue weighted by molar-refractivity contribution is -0.161. The van der Waals surface area contributed by atoms with Crippen LogP contribution < -0.4 is 0 Å². The summed E-state index contributed by atoms with van der Waals surface area (Å²) >= 11 is 0. The monoisotopic (exact) mass is 1490 g/mol. The first-order chi connectivity index (χ1) is 49.3. The molecule has 0 aromatic carbocycles. The van der Waals surface area contributed by atoms with E-state index in [9.17, 15) is 43.2 Å². The van der Waals surface area contributed by atoms with Gasteiger partial charge in [-0.1, -0.05) is 382 Å². The molecule has 0 fully saturated rings. The number of carbonyl (C=O) groups excluding carboxylic acids is 4. The average molecular weight is 1490 g/mol. The summed E-state index contributed by atoms with van der Waals surface area (Å²) in [4.78, 5) is 73.1. The maximum Gasteiger partial charge on any atom is 0.472 e. The quantitative estimate of drug-likeness (QED) is 0.0222. The summed E-state index contributed by atoms with van der Waals surface area (Å²) in [5.74, 6) is 0.233. The van der Waals surface area contributed by atoms with Gasteiger partial charge in [0.15, 0.2) is 12.2 Å². The minimum Gasteiger partial charge on any atom is -0.462 e. The van der Waals surface area contributed by atoms with Crippen LogP contribution in [-0.2, 0) is 65.4 Å². The van der Waals surface area contributed by atoms with E-state index in [2.05, 4.69) is 48.5 Å². The summed E-state index contributed by atoms with van der Waals surface area (Å²) in [6.07, 6.45) is 62.5. The van der Waals surface area contributed by atoms with Gasteiger partial charge in [0.2, 0.25) is 0 Å². The van der Waals surface area contributed by atoms with Crippen molar-refractivity contribution in [3.05, 3.63) is 0 Å². The molecule has 606 valence electrons. The van der Waals surface area contributed by atoms with Crippen LogP contribution in [0.25, 0.3) is 0 Å². The molecule has 4 unspecified atom stereocenters. The second-order valence-corrected chi connectivity index (χ2v) is 33.7. The average Bonchev–Trinajstić information content (AvgIpc) is 0.913. The summed E-state index contributed by atoms with van der Waals surface area (Å²) in [5, 5.41) is 10.7. The molecular weight excluding hydrogens is 1330 g/mol. The molecule has 3 N–H and O–H groups in total. The van der Waals surface area contributed by atoms with Crippen molar-refractivity contribution < 1.29 is 80.2 Å². The normalized spacial score (nSPS) is 14.5. The maximum atomic E-state index is 13.1. The molecule has 0 aliphatic carbocycles. The fourth-order valence-corrected chi connectivity index (χ4v) is 14.4. The van der Waals surface area contributed by atoms with E-state index in [-0.39, 0.29) is 25.7 Å². The lowest BCUT2D eigenvalue weighted by Gasteiger charge is -2.21. The SMILES string of the molecule is CCCCCCCCCCCCCCCCCCCCCC(=O)OC[C@H](COP(=O)(O)OC[C@@H](O)COP(=O)(O)OC[C@@H](COC(=O)CCCCCCCCC(C)CC)OC(=O)CCCCCCCCCCCCC(C)CC)OC(=O)CCCCCCCCCCCCCCCCCCC(C)C. The van der Waals surface area contributed by atoms with Crippen molar-refractivity contribution in [2.45, 2.75) is 452 Å². The molecule has 0 rings (SSSR count). The van der Waals surface area contributed by atoms with E-state index in [4.69, 9.17) is 37.0 Å². The van der Waals surface area contributed by atoms with E-state index in [0.29, 0.717) is 25.7 Å². The number of rotatable bonds is 81. The molecule has 0 aromatic rings. The lowest BCUT2D eigenvalue weighted by Crippen LogP contribution is -2.30. The van der Waals surface area contributed by atoms with Gasteiger partial charge in [0.1, 0.15) is 19.3 Å². The van der Waals surface area contributed by atoms with Crippen molar-refractivity contribution in [3.63, 3.8) is 0 Å². The van der Waals surface area contributed by atoms with Crippen LogP contribution in [0.2, 0.25) is 0 Å². The predicted octanol–water partition coefficient (Wildman–Crippen LogP) is 24.9. The highest BCUT2D eigenvalue weighted by Gasteiger charge is 2.30. The smallest absolute Gasteiger partial charge is 0.462 e. The Kier molecular flexibility index (Phi) is 71.8. The summed E-state index contributed by atoms with van der Waals surface area (Å²) in [6, 6.07) is 0. The van der Waals surface area contributed by atoms with Gasteiger partial charge in [-0.05, 0) is 43.4 Å². The van der Waals surface area contributed by atoms with Gasteiger partial charge >= 0.3 is 39.5 Å². The highest BCUT2D eigenvalue weighted by Crippen LogP contribution is 2.45. The number of hydrogen-bond acceptors (Lipinski definition) is 15. The van der Waals surface area contributed by atoms with Crippen molar-refractivity contribution in [2.75, 3.05) is 39.6 Å². The zero-order chi connectivity index (χ0) is 75.1. The molecule has 102 heavy (non-hydrogen) atoms. The highest BCUT2D eigenvalue weighted by atomic mass is 31.2. The Morgan fingerprint density at radius 3 is 0.745 bits per heavy atom. The van der Waals surface area contributed by atoms with Crippen molar-refractivity contribution in [3.8, 4) is 0 Å². The van der Waals surface area contributed by atoms with Crippen molar-refractivity contribution in [2.24, 2.45) is 17.8 Å². The first-order valence-corrected chi connectivity index (χ1v) is 45.9. The number of phosphoric acid groups is 2. The number of ether oxygens (including phenoxy) is 4. The van der Waals surface area contributed by atoms with E-state index in [1.807, 2.05) is 0 Å². The lowest BCUT2D eigenvalue weighted by atomic mass is 9.99. The molecule has 7 atom stereocenters. The Bertz CT molecular complexity index is 1980. The van der Waals surface area contributed by atoms with Crippen LogP contribution in [0.4, 0.5) is 0 Å². The molecule has 0 aromatic heterocycles. The van der Waals surface area contributed by atoms with Crippen LogP contribution >= 0.6 is 15.6 Å². The first kappa shape index (κ1) is 100. The van der Waals surface area contributed by atoms with Crippen LogP contribution in [0.5, 0.6) is 0 Å². The number of hydrogen-bond donors (Lipinski definition) is 3. The molecule has 0 aliphatic heterocycles. The third-order valence-electron chi connectivity index (χ3n) is 20.1. The van der Waals surface area contributed by atoms with Crippen LogP contribution in [0.1, 0.15) is 434 Å². The standard InChI is InChI=1S/C83H162O17P2/c1-8-11-12-13-14-15-16-17-18-19-20-21-25-28-31-37-42-50-57-64-80(85)93-70-78(99-82(87)66-59-52-43-38-32-29-26-23-22-24-27-30-35-40-47-54-61-74(4)5)72-97-101(89,90)95-68-77(84)69-96-102(91,92)98-73-79(71-94-81(86)65-58-51-46-45-49-56-63-76(7)10-3)100-83(88)67-60-53-44-39-34-33-36-41-48-55-62-75(6)9-2/h74-79,84H,8-73H2,1-7H3,(H,89,90)(H,91,92)/t75?,76?,77-,78-,79-/m1/s1. The number of aliphatic hydroxyl groups is 1. The Morgan fingerprint density at radius 1 is 0.284 bits per heavy atom. The van der Waals surface area contributed by atoms with Gasteiger partial charge in [0.05, 0.1) is 26.4 Å². The summed E-state index contributed by atoms with van der Waals surface area (Å²) in [6.45, 7) is 12.0. The van der Waals surface area contributed by atoms with Gasteiger partial charge < -0.3 is 33.8 Å². The van der Waals surface area contributed by atoms with E-state index < -0.39 is 97.5 Å². The van der Waals surface area contributed by atoms with Gasteiger partial charge in [-0.15, -0.1) is 0 Å². The largest absolute Gasteiger partial charge is 0.472 e. The van der Waals surface area contributed by atoms with Gasteiger partial charge in [-0.25, -0.2) is 9.13 Å². The molecule has 0 amide bonds. The van der Waals surface area contributed by atoms with Crippen molar-refractivity contribution >= 4 is 39.5 Å². The minimum atomic E-state index is -4.96. The number of unbranched alkanes of at least 4 members (excludes halogenated alkanes) is 47. The van der Waals surface area contributed by atoms with Crippen LogP contribution in [0.15, 0.2) is 0 Å². The number of aliphatic hydroxyl groups excluding tert-OH is 1. The number of esters is 4. The molecule has 0 saturated heterocycles. The van der Waals surface area contributed by atoms with Gasteiger partial charge in [0, 0.05) is 25.7 Å². The maximum absolute atomic E-state index is 13.1. The van der Waals surface area contributed by atoms with Crippen LogP contribution in [0, 0.1) is 17.8 Å². The minimum absolute atomic E-state index is 0.105. The zero-order valence-corrected chi connectivity index (χ0v) is 68.9. The van der Waals surface area contributed by atoms with Crippen LogP contribution in [0.3, 0.4) is 0 Å². The van der Waals surface area contributed by atoms with E-state index in [1.54, 1.807) is 0 Å². The Hall–Kier alpha value is -1.94. The Labute approximate surface area is 626 Å². The summed E-state index contributed by atoms with van der Waals surface area (Å²) in [5.41, 5.74) is 0. The summed E-state index contributed by atoms with van der Waals surface area (Å²) < 4.78 is 68.8.